The van der Waals surface area contributed by atoms with Crippen LogP contribution in [-0.2, 0) is 11.2 Å². The van der Waals surface area contributed by atoms with Crippen LogP contribution in [0.2, 0.25) is 0 Å². The summed E-state index contributed by atoms with van der Waals surface area (Å²) in [6, 6.07) is 20.6. The highest BCUT2D eigenvalue weighted by molar-refractivity contribution is 5.98. The molecule has 0 aliphatic rings. The maximum Gasteiger partial charge on any atom is 0.334 e. The molecule has 0 aliphatic carbocycles. The number of nitrogens with one attached hydrogen (secondary N) is 1. The van der Waals surface area contributed by atoms with Crippen molar-refractivity contribution < 1.29 is 24.6 Å². The van der Waals surface area contributed by atoms with E-state index in [1.165, 1.54) is 4.90 Å². The van der Waals surface area contributed by atoms with E-state index in [-0.39, 0.29) is 18.2 Å². The molecule has 0 aromatic heterocycles. The minimum atomic E-state index is -1.77. The van der Waals surface area contributed by atoms with Crippen molar-refractivity contribution in [3.8, 4) is 11.1 Å². The third-order valence-electron chi connectivity index (χ3n) is 6.01. The summed E-state index contributed by atoms with van der Waals surface area (Å²) in [5, 5.41) is 22.4. The topological polar surface area (TPSA) is 107 Å². The molecule has 7 nitrogen and oxygen atoms in total. The lowest BCUT2D eigenvalue weighted by Crippen LogP contribution is -2.48. The minimum absolute atomic E-state index is 0.122. The lowest BCUT2D eigenvalue weighted by atomic mass is 9.90. The Balaban J connectivity index is 1.96. The zero-order valence-corrected chi connectivity index (χ0v) is 20.9. The number of carboxylic acids is 1. The fourth-order valence-corrected chi connectivity index (χ4v) is 4.06. The van der Waals surface area contributed by atoms with Crippen LogP contribution in [0.4, 0.5) is 0 Å². The van der Waals surface area contributed by atoms with Crippen molar-refractivity contribution in [3.63, 3.8) is 0 Å². The summed E-state index contributed by atoms with van der Waals surface area (Å²) in [6.07, 6.45) is -1.61. The van der Waals surface area contributed by atoms with Crippen LogP contribution in [0.1, 0.15) is 51.6 Å². The standard InChI is InChI=1S/C29H32N2O5/c1-18(2)23-14-13-21(17-24(23)20-11-8-12-22(16-20)28(34)31(3)4)27(33)30-25(26(32)29(35)36)15-19-9-6-5-7-10-19/h5-14,16-18,25-26,32H,15H2,1-4H3,(H,30,33)(H,35,36)/t25-,26-/m1/s1. The van der Waals surface area contributed by atoms with E-state index < -0.39 is 24.0 Å². The van der Waals surface area contributed by atoms with E-state index in [1.807, 2.05) is 62.4 Å². The van der Waals surface area contributed by atoms with Crippen molar-refractivity contribution in [2.45, 2.75) is 38.3 Å². The molecule has 0 saturated heterocycles. The Hall–Kier alpha value is -3.97. The molecule has 0 saturated carbocycles. The van der Waals surface area contributed by atoms with Gasteiger partial charge in [-0.3, -0.25) is 9.59 Å². The molecule has 3 N–H and O–H groups in total. The number of benzene rings is 3. The zero-order chi connectivity index (χ0) is 26.4. The molecular formula is C29H32N2O5. The molecule has 0 fully saturated rings. The Morgan fingerprint density at radius 3 is 2.19 bits per heavy atom. The van der Waals surface area contributed by atoms with Crippen molar-refractivity contribution in [3.05, 3.63) is 95.1 Å². The predicted molar refractivity (Wildman–Crippen MR) is 139 cm³/mol. The number of hydrogen-bond acceptors (Lipinski definition) is 4. The first-order valence-electron chi connectivity index (χ1n) is 11.8. The first kappa shape index (κ1) is 26.6. The third kappa shape index (κ3) is 6.37. The first-order valence-corrected chi connectivity index (χ1v) is 11.8. The number of amides is 2. The van der Waals surface area contributed by atoms with Crippen molar-refractivity contribution in [2.24, 2.45) is 0 Å². The lowest BCUT2D eigenvalue weighted by molar-refractivity contribution is -0.148. The first-order chi connectivity index (χ1) is 17.1. The molecule has 7 heteroatoms. The number of aliphatic hydroxyl groups excluding tert-OH is 1. The van der Waals surface area contributed by atoms with Crippen molar-refractivity contribution in [2.75, 3.05) is 14.1 Å². The van der Waals surface area contributed by atoms with Gasteiger partial charge in [0.1, 0.15) is 0 Å². The molecule has 188 valence electrons. The summed E-state index contributed by atoms with van der Waals surface area (Å²) < 4.78 is 0. The average Bonchev–Trinajstić information content (AvgIpc) is 2.87. The Kier molecular flexibility index (Phi) is 8.61. The van der Waals surface area contributed by atoms with Gasteiger partial charge in [0.15, 0.2) is 6.10 Å². The normalized spacial score (nSPS) is 12.6. The SMILES string of the molecule is CC(C)c1ccc(C(=O)N[C@H](Cc2ccccc2)[C@@H](O)C(=O)O)cc1-c1cccc(C(=O)N(C)C)c1. The van der Waals surface area contributed by atoms with Gasteiger partial charge in [0.25, 0.3) is 11.8 Å². The maximum atomic E-state index is 13.2. The van der Waals surface area contributed by atoms with Crippen LogP contribution in [0.3, 0.4) is 0 Å². The fourth-order valence-electron chi connectivity index (χ4n) is 4.06. The number of hydrogen-bond donors (Lipinski definition) is 3. The van der Waals surface area contributed by atoms with Crippen LogP contribution in [-0.4, -0.2) is 59.1 Å². The molecule has 3 rings (SSSR count). The Labute approximate surface area is 211 Å². The van der Waals surface area contributed by atoms with Gasteiger partial charge < -0.3 is 20.4 Å². The van der Waals surface area contributed by atoms with Crippen molar-refractivity contribution in [1.29, 1.82) is 0 Å². The molecule has 0 bridgehead atoms. The Bertz CT molecular complexity index is 1240. The van der Waals surface area contributed by atoms with Crippen LogP contribution in [0, 0.1) is 0 Å². The van der Waals surface area contributed by atoms with Gasteiger partial charge in [0.2, 0.25) is 0 Å². The monoisotopic (exact) mass is 488 g/mol. The van der Waals surface area contributed by atoms with Gasteiger partial charge >= 0.3 is 5.97 Å². The Morgan fingerprint density at radius 1 is 0.889 bits per heavy atom. The predicted octanol–water partition coefficient (Wildman–Crippen LogP) is 3.97. The van der Waals surface area contributed by atoms with E-state index in [0.717, 1.165) is 22.3 Å². The quantitative estimate of drug-likeness (QED) is 0.423. The highest BCUT2D eigenvalue weighted by Crippen LogP contribution is 2.31. The van der Waals surface area contributed by atoms with Gasteiger partial charge in [-0.05, 0) is 58.9 Å². The van der Waals surface area contributed by atoms with Gasteiger partial charge in [-0.1, -0.05) is 62.4 Å². The number of nitrogens with zero attached hydrogens (tertiary/aromatic N) is 1. The number of rotatable bonds is 9. The van der Waals surface area contributed by atoms with Crippen molar-refractivity contribution >= 4 is 17.8 Å². The van der Waals surface area contributed by atoms with Gasteiger partial charge in [-0.25, -0.2) is 4.79 Å². The highest BCUT2D eigenvalue weighted by atomic mass is 16.4. The molecule has 36 heavy (non-hydrogen) atoms. The smallest absolute Gasteiger partial charge is 0.334 e. The van der Waals surface area contributed by atoms with Crippen LogP contribution in [0.15, 0.2) is 72.8 Å². The molecule has 0 spiro atoms. The second-order valence-electron chi connectivity index (χ2n) is 9.29. The van der Waals surface area contributed by atoms with Crippen LogP contribution in [0.25, 0.3) is 11.1 Å². The van der Waals surface area contributed by atoms with E-state index in [9.17, 15) is 24.6 Å². The summed E-state index contributed by atoms with van der Waals surface area (Å²) in [5.41, 5.74) is 4.27. The number of aliphatic carboxylic acids is 1. The molecule has 0 radical (unpaired) electrons. The van der Waals surface area contributed by atoms with Crippen molar-refractivity contribution in [1.82, 2.24) is 10.2 Å². The lowest BCUT2D eigenvalue weighted by Gasteiger charge is -2.22. The fraction of sp³-hybridized carbons (Fsp3) is 0.276. The minimum Gasteiger partial charge on any atom is -0.479 e. The summed E-state index contributed by atoms with van der Waals surface area (Å²) in [5.74, 6) is -1.86. The number of carbonyl (C=O) groups is 3. The third-order valence-corrected chi connectivity index (χ3v) is 6.01. The van der Waals surface area contributed by atoms with E-state index in [2.05, 4.69) is 5.32 Å². The second kappa shape index (κ2) is 11.6. The molecule has 0 heterocycles. The summed E-state index contributed by atoms with van der Waals surface area (Å²) in [4.78, 5) is 38.7. The molecule has 2 atom stereocenters. The average molecular weight is 489 g/mol. The summed E-state index contributed by atoms with van der Waals surface area (Å²) in [7, 11) is 3.38. The highest BCUT2D eigenvalue weighted by Gasteiger charge is 2.28. The molecule has 3 aromatic rings. The Morgan fingerprint density at radius 2 is 1.58 bits per heavy atom. The van der Waals surface area contributed by atoms with Gasteiger partial charge in [0.05, 0.1) is 6.04 Å². The van der Waals surface area contributed by atoms with E-state index in [1.54, 1.807) is 38.4 Å². The van der Waals surface area contributed by atoms with Gasteiger partial charge in [-0.2, -0.15) is 0 Å². The maximum absolute atomic E-state index is 13.2. The van der Waals surface area contributed by atoms with Crippen LogP contribution in [0.5, 0.6) is 0 Å². The molecule has 3 aromatic carbocycles. The number of aliphatic hydroxyl groups is 1. The van der Waals surface area contributed by atoms with Gasteiger partial charge in [0, 0.05) is 25.2 Å². The van der Waals surface area contributed by atoms with E-state index in [0.29, 0.717) is 11.1 Å². The molecule has 2 amide bonds. The zero-order valence-electron chi connectivity index (χ0n) is 20.9. The molecule has 0 aliphatic heterocycles. The van der Waals surface area contributed by atoms with E-state index >= 15 is 0 Å². The summed E-state index contributed by atoms with van der Waals surface area (Å²) in [6.45, 7) is 4.10. The molecular weight excluding hydrogens is 456 g/mol. The second-order valence-corrected chi connectivity index (χ2v) is 9.29. The van der Waals surface area contributed by atoms with E-state index in [4.69, 9.17) is 0 Å². The van der Waals surface area contributed by atoms with Gasteiger partial charge in [-0.15, -0.1) is 0 Å². The van der Waals surface area contributed by atoms with Crippen LogP contribution >= 0.6 is 0 Å². The number of carbonyl (C=O) groups excluding carboxylic acids is 2. The summed E-state index contributed by atoms with van der Waals surface area (Å²) >= 11 is 0. The largest absolute Gasteiger partial charge is 0.479 e. The molecule has 0 unspecified atom stereocenters. The van der Waals surface area contributed by atoms with Crippen LogP contribution < -0.4 is 5.32 Å². The number of carboxylic acid groups (broad SMARTS) is 1.